The summed E-state index contributed by atoms with van der Waals surface area (Å²) in [4.78, 5) is 28.3. The van der Waals surface area contributed by atoms with Crippen LogP contribution in [0.15, 0.2) is 117 Å². The molecule has 0 fully saturated rings. The lowest BCUT2D eigenvalue weighted by molar-refractivity contribution is -0.122. The summed E-state index contributed by atoms with van der Waals surface area (Å²) in [6.45, 7) is 4.40. The predicted molar refractivity (Wildman–Crippen MR) is 198 cm³/mol. The van der Waals surface area contributed by atoms with E-state index in [1.165, 1.54) is 47.8 Å². The quantitative estimate of drug-likeness (QED) is 0.154. The van der Waals surface area contributed by atoms with Crippen LogP contribution in [0.5, 0.6) is 0 Å². The summed E-state index contributed by atoms with van der Waals surface area (Å²) in [5, 5.41) is 5.45. The standard InChI is InChI=1S/C35H40N4O6S4/c1-25-6-10-28(11-7-25)38(48(42,43)32-18-14-30(46-4)15-19-32)23-34(40)36-22-27(3)37-35(41)24-39(29-12-8-26(2)9-13-29)49(44,45)33-20-16-31(47-5)17-21-33/h6-21,27H,22-24H2,1-5H3,(H,36,40)(H,37,41)/t27-/m1/s1. The van der Waals surface area contributed by atoms with Crippen LogP contribution in [-0.2, 0) is 29.6 Å². The van der Waals surface area contributed by atoms with Gasteiger partial charge in [0.2, 0.25) is 11.8 Å². The van der Waals surface area contributed by atoms with Gasteiger partial charge in [-0.1, -0.05) is 35.4 Å². The van der Waals surface area contributed by atoms with Crippen molar-refractivity contribution in [3.63, 3.8) is 0 Å². The minimum atomic E-state index is -4.10. The number of nitrogens with one attached hydrogen (secondary N) is 2. The van der Waals surface area contributed by atoms with Crippen LogP contribution >= 0.6 is 23.5 Å². The summed E-state index contributed by atoms with van der Waals surface area (Å²) < 4.78 is 57.0. The topological polar surface area (TPSA) is 133 Å². The van der Waals surface area contributed by atoms with Crippen LogP contribution in [0.1, 0.15) is 18.1 Å². The van der Waals surface area contributed by atoms with Gasteiger partial charge in [-0.3, -0.25) is 18.2 Å². The number of anilines is 2. The Morgan fingerprint density at radius 1 is 0.612 bits per heavy atom. The number of rotatable bonds is 15. The van der Waals surface area contributed by atoms with Crippen LogP contribution in [0, 0.1) is 13.8 Å². The zero-order chi connectivity index (χ0) is 35.8. The van der Waals surface area contributed by atoms with Crippen molar-refractivity contribution < 1.29 is 26.4 Å². The minimum Gasteiger partial charge on any atom is -0.352 e. The molecule has 49 heavy (non-hydrogen) atoms. The molecule has 0 radical (unpaired) electrons. The number of hydrogen-bond donors (Lipinski definition) is 2. The number of carbonyl (C=O) groups is 2. The summed E-state index contributed by atoms with van der Waals surface area (Å²) in [5.41, 5.74) is 2.52. The number of amides is 2. The third-order valence-electron chi connectivity index (χ3n) is 7.53. The number of nitrogens with zero attached hydrogens (tertiary/aromatic N) is 2. The highest BCUT2D eigenvalue weighted by Gasteiger charge is 2.29. The van der Waals surface area contributed by atoms with Crippen LogP contribution in [0.4, 0.5) is 11.4 Å². The van der Waals surface area contributed by atoms with Crippen LogP contribution < -0.4 is 19.2 Å². The van der Waals surface area contributed by atoms with Crippen LogP contribution in [0.2, 0.25) is 0 Å². The molecule has 10 nitrogen and oxygen atoms in total. The highest BCUT2D eigenvalue weighted by Crippen LogP contribution is 2.27. The van der Waals surface area contributed by atoms with Gasteiger partial charge < -0.3 is 10.6 Å². The summed E-state index contributed by atoms with van der Waals surface area (Å²) >= 11 is 2.97. The fourth-order valence-electron chi connectivity index (χ4n) is 4.76. The van der Waals surface area contributed by atoms with Gasteiger partial charge in [-0.2, -0.15) is 0 Å². The van der Waals surface area contributed by atoms with Gasteiger partial charge >= 0.3 is 0 Å². The van der Waals surface area contributed by atoms with Crippen molar-refractivity contribution in [1.29, 1.82) is 0 Å². The first-order valence-electron chi connectivity index (χ1n) is 15.3. The Morgan fingerprint density at radius 3 is 1.35 bits per heavy atom. The van der Waals surface area contributed by atoms with Crippen molar-refractivity contribution in [2.24, 2.45) is 0 Å². The molecule has 0 aliphatic heterocycles. The third kappa shape index (κ3) is 9.81. The Morgan fingerprint density at radius 2 is 0.980 bits per heavy atom. The van der Waals surface area contributed by atoms with Crippen molar-refractivity contribution in [2.75, 3.05) is 40.8 Å². The van der Waals surface area contributed by atoms with Gasteiger partial charge in [0, 0.05) is 22.4 Å². The number of hydrogen-bond acceptors (Lipinski definition) is 8. The van der Waals surface area contributed by atoms with Crippen molar-refractivity contribution in [3.8, 4) is 0 Å². The maximum absolute atomic E-state index is 13.7. The molecule has 0 aliphatic rings. The van der Waals surface area contributed by atoms with Gasteiger partial charge in [0.05, 0.1) is 21.2 Å². The molecule has 0 bridgehead atoms. The minimum absolute atomic E-state index is 0.0256. The molecule has 0 heterocycles. The Balaban J connectivity index is 1.45. The molecule has 2 N–H and O–H groups in total. The number of sulfonamides is 2. The number of carbonyl (C=O) groups excluding carboxylic acids is 2. The summed E-state index contributed by atoms with van der Waals surface area (Å²) in [7, 11) is -8.20. The molecule has 1 atom stereocenters. The first-order valence-corrected chi connectivity index (χ1v) is 20.6. The lowest BCUT2D eigenvalue weighted by atomic mass is 10.2. The molecular weight excluding hydrogens is 701 g/mol. The maximum Gasteiger partial charge on any atom is 0.264 e. The highest BCUT2D eigenvalue weighted by molar-refractivity contribution is 7.98. The second-order valence-corrected chi connectivity index (χ2v) is 16.8. The number of aryl methyl sites for hydroxylation is 2. The molecule has 0 saturated carbocycles. The second-order valence-electron chi connectivity index (χ2n) is 11.3. The van der Waals surface area contributed by atoms with E-state index in [9.17, 15) is 26.4 Å². The van der Waals surface area contributed by atoms with Gasteiger partial charge in [0.25, 0.3) is 20.0 Å². The zero-order valence-electron chi connectivity index (χ0n) is 27.9. The molecule has 4 rings (SSSR count). The van der Waals surface area contributed by atoms with Crippen LogP contribution in [0.3, 0.4) is 0 Å². The first-order chi connectivity index (χ1) is 23.2. The third-order valence-corrected chi connectivity index (χ3v) is 12.6. The molecule has 0 aliphatic carbocycles. The molecule has 260 valence electrons. The Hall–Kier alpha value is -3.98. The van der Waals surface area contributed by atoms with E-state index in [-0.39, 0.29) is 16.3 Å². The molecule has 0 unspecified atom stereocenters. The Kier molecular flexibility index (Phi) is 12.8. The van der Waals surface area contributed by atoms with Crippen molar-refractivity contribution >= 4 is 66.8 Å². The molecule has 4 aromatic carbocycles. The Labute approximate surface area is 297 Å². The van der Waals surface area contributed by atoms with Gasteiger partial charge in [-0.25, -0.2) is 16.8 Å². The first kappa shape index (κ1) is 37.8. The van der Waals surface area contributed by atoms with Crippen LogP contribution in [0.25, 0.3) is 0 Å². The van der Waals surface area contributed by atoms with E-state index in [0.29, 0.717) is 11.4 Å². The molecule has 0 saturated heterocycles. The molecule has 4 aromatic rings. The molecule has 0 aromatic heterocycles. The van der Waals surface area contributed by atoms with Gasteiger partial charge in [-0.05, 0) is 106 Å². The largest absolute Gasteiger partial charge is 0.352 e. The number of benzene rings is 4. The van der Waals surface area contributed by atoms with E-state index in [1.54, 1.807) is 79.7 Å². The van der Waals surface area contributed by atoms with E-state index >= 15 is 0 Å². The molecular formula is C35H40N4O6S4. The smallest absolute Gasteiger partial charge is 0.264 e. The highest BCUT2D eigenvalue weighted by atomic mass is 32.2. The van der Waals surface area contributed by atoms with E-state index in [0.717, 1.165) is 29.5 Å². The fraction of sp³-hybridized carbons (Fsp3) is 0.257. The summed E-state index contributed by atoms with van der Waals surface area (Å²) in [6.07, 6.45) is 3.79. The molecule has 0 spiro atoms. The predicted octanol–water partition coefficient (Wildman–Crippen LogP) is 5.46. The van der Waals surface area contributed by atoms with E-state index in [1.807, 2.05) is 26.4 Å². The van der Waals surface area contributed by atoms with Crippen molar-refractivity contribution in [3.05, 3.63) is 108 Å². The van der Waals surface area contributed by atoms with Gasteiger partial charge in [0.1, 0.15) is 13.1 Å². The normalized spacial score (nSPS) is 12.2. The average molecular weight is 741 g/mol. The molecule has 2 amide bonds. The second kappa shape index (κ2) is 16.6. The number of thioether (sulfide) groups is 2. The monoisotopic (exact) mass is 740 g/mol. The van der Waals surface area contributed by atoms with Crippen molar-refractivity contribution in [1.82, 2.24) is 10.6 Å². The average Bonchev–Trinajstić information content (AvgIpc) is 3.09. The summed E-state index contributed by atoms with van der Waals surface area (Å²) in [5.74, 6) is -1.16. The fourth-order valence-corrected chi connectivity index (χ4v) is 8.42. The van der Waals surface area contributed by atoms with Crippen molar-refractivity contribution in [2.45, 2.75) is 46.4 Å². The van der Waals surface area contributed by atoms with E-state index < -0.39 is 51.0 Å². The van der Waals surface area contributed by atoms with Crippen LogP contribution in [-0.4, -0.2) is 66.8 Å². The molecule has 14 heteroatoms. The zero-order valence-corrected chi connectivity index (χ0v) is 31.2. The SMILES string of the molecule is CSc1ccc(S(=O)(=O)N(CC(=O)NC[C@@H](C)NC(=O)CN(c2ccc(C)cc2)S(=O)(=O)c2ccc(SC)cc2)c2ccc(C)cc2)cc1. The van der Waals surface area contributed by atoms with Gasteiger partial charge in [-0.15, -0.1) is 23.5 Å². The maximum atomic E-state index is 13.7. The van der Waals surface area contributed by atoms with E-state index in [4.69, 9.17) is 0 Å². The van der Waals surface area contributed by atoms with E-state index in [2.05, 4.69) is 10.6 Å². The Bertz CT molecular complexity index is 1950. The summed E-state index contributed by atoms with van der Waals surface area (Å²) in [6, 6.07) is 25.9. The van der Waals surface area contributed by atoms with Gasteiger partial charge in [0.15, 0.2) is 0 Å². The lowest BCUT2D eigenvalue weighted by Gasteiger charge is -2.26. The lowest BCUT2D eigenvalue weighted by Crippen LogP contribution is -2.48.